The molecule has 0 amide bonds. The quantitative estimate of drug-likeness (QED) is 0.936. The Hall–Kier alpha value is -1.13. The Kier molecular flexibility index (Phi) is 3.97. The summed E-state index contributed by atoms with van der Waals surface area (Å²) < 4.78 is 6.51. The van der Waals surface area contributed by atoms with Crippen molar-refractivity contribution in [2.45, 2.75) is 26.4 Å². The summed E-state index contributed by atoms with van der Waals surface area (Å²) in [5.41, 5.74) is 1.92. The largest absolute Gasteiger partial charge is 0.444 e. The molecule has 0 spiro atoms. The van der Waals surface area contributed by atoms with E-state index in [0.717, 1.165) is 22.3 Å². The van der Waals surface area contributed by atoms with Crippen molar-refractivity contribution in [2.24, 2.45) is 0 Å². The van der Waals surface area contributed by atoms with E-state index in [1.807, 2.05) is 24.3 Å². The minimum absolute atomic E-state index is 0.447. The van der Waals surface area contributed by atoms with Crippen molar-refractivity contribution in [1.82, 2.24) is 10.3 Å². The molecule has 1 aromatic heterocycles. The monoisotopic (exact) mass is 294 g/mol. The van der Waals surface area contributed by atoms with Crippen molar-refractivity contribution in [2.75, 3.05) is 0 Å². The number of rotatable bonds is 4. The molecular weight excluding hydrogens is 280 g/mol. The maximum atomic E-state index is 5.46. The zero-order chi connectivity index (χ0) is 12.3. The third kappa shape index (κ3) is 3.41. The van der Waals surface area contributed by atoms with Crippen LogP contribution in [0.4, 0.5) is 0 Å². The second-order valence-corrected chi connectivity index (χ2v) is 5.10. The lowest BCUT2D eigenvalue weighted by atomic mass is 10.2. The van der Waals surface area contributed by atoms with Gasteiger partial charge >= 0.3 is 0 Å². The molecule has 0 fully saturated rings. The number of oxazole rings is 1. The molecule has 1 N–H and O–H groups in total. The Balaban J connectivity index is 2.10. The molecule has 2 aromatic rings. The van der Waals surface area contributed by atoms with Crippen LogP contribution in [-0.2, 0) is 6.54 Å². The van der Waals surface area contributed by atoms with E-state index < -0.39 is 0 Å². The average Bonchev–Trinajstić information content (AvgIpc) is 2.76. The molecule has 3 nitrogen and oxygen atoms in total. The van der Waals surface area contributed by atoms with E-state index in [2.05, 4.69) is 40.1 Å². The molecule has 0 bridgehead atoms. The molecule has 1 heterocycles. The van der Waals surface area contributed by atoms with Gasteiger partial charge in [-0.3, -0.25) is 0 Å². The fraction of sp³-hybridized carbons (Fsp3) is 0.308. The number of hydrogen-bond acceptors (Lipinski definition) is 3. The van der Waals surface area contributed by atoms with Crippen molar-refractivity contribution in [3.8, 4) is 11.5 Å². The standard InChI is InChI=1S/C13H15BrN2O/c1-9(2)15-7-12-8-17-13(16-12)10-3-5-11(14)6-4-10/h3-6,8-9,15H,7H2,1-2H3. The predicted molar refractivity (Wildman–Crippen MR) is 71.6 cm³/mol. The first-order chi connectivity index (χ1) is 8.15. The second kappa shape index (κ2) is 5.47. The van der Waals surface area contributed by atoms with Crippen LogP contribution in [-0.4, -0.2) is 11.0 Å². The summed E-state index contributed by atoms with van der Waals surface area (Å²) in [4.78, 5) is 4.44. The van der Waals surface area contributed by atoms with Crippen LogP contribution in [0.3, 0.4) is 0 Å². The second-order valence-electron chi connectivity index (χ2n) is 4.19. The highest BCUT2D eigenvalue weighted by Crippen LogP contribution is 2.21. The van der Waals surface area contributed by atoms with Gasteiger partial charge in [0.1, 0.15) is 6.26 Å². The lowest BCUT2D eigenvalue weighted by Gasteiger charge is -2.04. The smallest absolute Gasteiger partial charge is 0.226 e. The molecule has 0 saturated carbocycles. The summed E-state index contributed by atoms with van der Waals surface area (Å²) in [6, 6.07) is 8.37. The van der Waals surface area contributed by atoms with Crippen molar-refractivity contribution >= 4 is 15.9 Å². The lowest BCUT2D eigenvalue weighted by molar-refractivity contribution is 0.560. The van der Waals surface area contributed by atoms with Crippen LogP contribution in [0.1, 0.15) is 19.5 Å². The van der Waals surface area contributed by atoms with E-state index in [1.165, 1.54) is 0 Å². The SMILES string of the molecule is CC(C)NCc1coc(-c2ccc(Br)cc2)n1. The van der Waals surface area contributed by atoms with Gasteiger partial charge in [0.25, 0.3) is 0 Å². The number of hydrogen-bond donors (Lipinski definition) is 1. The fourth-order valence-corrected chi connectivity index (χ4v) is 1.69. The van der Waals surface area contributed by atoms with Gasteiger partial charge < -0.3 is 9.73 Å². The third-order valence-corrected chi connectivity index (χ3v) is 2.86. The molecule has 90 valence electrons. The van der Waals surface area contributed by atoms with Gasteiger partial charge in [0.15, 0.2) is 0 Å². The fourth-order valence-electron chi connectivity index (χ4n) is 1.42. The molecule has 17 heavy (non-hydrogen) atoms. The van der Waals surface area contributed by atoms with Gasteiger partial charge in [-0.05, 0) is 24.3 Å². The molecule has 2 rings (SSSR count). The van der Waals surface area contributed by atoms with Crippen molar-refractivity contribution in [3.63, 3.8) is 0 Å². The highest BCUT2D eigenvalue weighted by molar-refractivity contribution is 9.10. The first-order valence-corrected chi connectivity index (χ1v) is 6.38. The summed E-state index contributed by atoms with van der Waals surface area (Å²) in [5, 5.41) is 3.31. The molecule has 0 unspecified atom stereocenters. The van der Waals surface area contributed by atoms with E-state index in [-0.39, 0.29) is 0 Å². The Labute approximate surface area is 109 Å². The van der Waals surface area contributed by atoms with E-state index in [4.69, 9.17) is 4.42 Å². The predicted octanol–water partition coefficient (Wildman–Crippen LogP) is 3.60. The summed E-state index contributed by atoms with van der Waals surface area (Å²) >= 11 is 3.40. The zero-order valence-corrected chi connectivity index (χ0v) is 11.5. The number of nitrogens with zero attached hydrogens (tertiary/aromatic N) is 1. The zero-order valence-electron chi connectivity index (χ0n) is 9.90. The molecule has 1 aromatic carbocycles. The highest BCUT2D eigenvalue weighted by Gasteiger charge is 2.06. The van der Waals surface area contributed by atoms with Crippen LogP contribution < -0.4 is 5.32 Å². The molecule has 4 heteroatoms. The molecular formula is C13H15BrN2O. The minimum atomic E-state index is 0.447. The van der Waals surface area contributed by atoms with Crippen LogP contribution in [0, 0.1) is 0 Å². The maximum absolute atomic E-state index is 5.46. The molecule has 0 aliphatic rings. The maximum Gasteiger partial charge on any atom is 0.226 e. The number of benzene rings is 1. The van der Waals surface area contributed by atoms with Crippen LogP contribution in [0.15, 0.2) is 39.4 Å². The van der Waals surface area contributed by atoms with Gasteiger partial charge in [-0.15, -0.1) is 0 Å². The molecule has 0 atom stereocenters. The summed E-state index contributed by atoms with van der Waals surface area (Å²) in [7, 11) is 0. The summed E-state index contributed by atoms with van der Waals surface area (Å²) in [5.74, 6) is 0.665. The van der Waals surface area contributed by atoms with Gasteiger partial charge in [0.05, 0.1) is 5.69 Å². The highest BCUT2D eigenvalue weighted by atomic mass is 79.9. The summed E-state index contributed by atoms with van der Waals surface area (Å²) in [6.45, 7) is 4.95. The Bertz CT molecular complexity index is 476. The third-order valence-electron chi connectivity index (χ3n) is 2.33. The van der Waals surface area contributed by atoms with E-state index >= 15 is 0 Å². The Morgan fingerprint density at radius 2 is 2.00 bits per heavy atom. The van der Waals surface area contributed by atoms with Crippen LogP contribution in [0.25, 0.3) is 11.5 Å². The van der Waals surface area contributed by atoms with Gasteiger partial charge in [-0.1, -0.05) is 29.8 Å². The lowest BCUT2D eigenvalue weighted by Crippen LogP contribution is -2.21. The van der Waals surface area contributed by atoms with E-state index in [0.29, 0.717) is 11.9 Å². The normalized spacial score (nSPS) is 11.1. The summed E-state index contributed by atoms with van der Waals surface area (Å²) in [6.07, 6.45) is 1.70. The topological polar surface area (TPSA) is 38.1 Å². The van der Waals surface area contributed by atoms with Crippen molar-refractivity contribution < 1.29 is 4.42 Å². The average molecular weight is 295 g/mol. The number of halogens is 1. The Morgan fingerprint density at radius 3 is 2.65 bits per heavy atom. The molecule has 0 aliphatic heterocycles. The molecule has 0 aliphatic carbocycles. The van der Waals surface area contributed by atoms with Gasteiger partial charge in [0.2, 0.25) is 5.89 Å². The van der Waals surface area contributed by atoms with Gasteiger partial charge in [-0.25, -0.2) is 4.98 Å². The Morgan fingerprint density at radius 1 is 1.29 bits per heavy atom. The number of nitrogens with one attached hydrogen (secondary N) is 1. The van der Waals surface area contributed by atoms with Crippen LogP contribution in [0.5, 0.6) is 0 Å². The minimum Gasteiger partial charge on any atom is -0.444 e. The van der Waals surface area contributed by atoms with Gasteiger partial charge in [0, 0.05) is 22.6 Å². The first kappa shape index (κ1) is 12.3. The molecule has 0 saturated heterocycles. The van der Waals surface area contributed by atoms with E-state index in [1.54, 1.807) is 6.26 Å². The number of aromatic nitrogens is 1. The molecule has 0 radical (unpaired) electrons. The van der Waals surface area contributed by atoms with Crippen LogP contribution >= 0.6 is 15.9 Å². The van der Waals surface area contributed by atoms with Crippen molar-refractivity contribution in [1.29, 1.82) is 0 Å². The van der Waals surface area contributed by atoms with Crippen molar-refractivity contribution in [3.05, 3.63) is 40.7 Å². The van der Waals surface area contributed by atoms with Gasteiger partial charge in [-0.2, -0.15) is 0 Å². The van der Waals surface area contributed by atoms with E-state index in [9.17, 15) is 0 Å². The first-order valence-electron chi connectivity index (χ1n) is 5.59. The van der Waals surface area contributed by atoms with Crippen LogP contribution in [0.2, 0.25) is 0 Å².